The molecule has 166 valence electrons. The Bertz CT molecular complexity index is 1190. The summed E-state index contributed by atoms with van der Waals surface area (Å²) >= 11 is 0. The number of amides is 1. The predicted molar refractivity (Wildman–Crippen MR) is 127 cm³/mol. The van der Waals surface area contributed by atoms with E-state index in [1.807, 2.05) is 72.8 Å². The van der Waals surface area contributed by atoms with E-state index in [1.165, 1.54) is 6.33 Å². The lowest BCUT2D eigenvalue weighted by Crippen LogP contribution is -2.22. The Morgan fingerprint density at radius 3 is 2.48 bits per heavy atom. The maximum atomic E-state index is 12.7. The van der Waals surface area contributed by atoms with Gasteiger partial charge in [0.1, 0.15) is 17.8 Å². The number of nitrogens with one attached hydrogen (secondary N) is 1. The second kappa shape index (κ2) is 10.9. The highest BCUT2D eigenvalue weighted by Crippen LogP contribution is 2.24. The molecule has 4 aromatic rings. The zero-order chi connectivity index (χ0) is 22.9. The second-order valence-electron chi connectivity index (χ2n) is 7.41. The first-order chi connectivity index (χ1) is 16.2. The number of ether oxygens (including phenoxy) is 2. The van der Waals surface area contributed by atoms with Crippen LogP contribution < -0.4 is 14.8 Å². The fraction of sp³-hybridized carbons (Fsp3) is 0.148. The van der Waals surface area contributed by atoms with Crippen molar-refractivity contribution in [2.45, 2.75) is 19.9 Å². The molecular formula is C27H25N3O3. The van der Waals surface area contributed by atoms with E-state index in [2.05, 4.69) is 22.2 Å². The predicted octanol–water partition coefficient (Wildman–Crippen LogP) is 5.65. The topological polar surface area (TPSA) is 73.3 Å². The summed E-state index contributed by atoms with van der Waals surface area (Å²) in [4.78, 5) is 21.2. The molecule has 1 N–H and O–H groups in total. The number of para-hydroxylation sites is 1. The molecule has 3 aromatic carbocycles. The van der Waals surface area contributed by atoms with Gasteiger partial charge in [-0.2, -0.15) is 0 Å². The standard InChI is InChI=1S/C27H25N3O3/c1-2-15-32-23-13-11-20(12-14-23)18-28-27(31)22-8-6-7-21(16-22)25-17-26(30-19-29-25)33-24-9-4-3-5-10-24/h3-14,16-17,19H,2,15,18H2,1H3,(H,28,31). The number of carbonyl (C=O) groups excluding carboxylic acids is 1. The molecule has 0 unspecified atom stereocenters. The Morgan fingerprint density at radius 1 is 0.879 bits per heavy atom. The van der Waals surface area contributed by atoms with Crippen LogP contribution in [0.3, 0.4) is 0 Å². The third-order valence-corrected chi connectivity index (χ3v) is 4.88. The van der Waals surface area contributed by atoms with E-state index >= 15 is 0 Å². The summed E-state index contributed by atoms with van der Waals surface area (Å²) in [7, 11) is 0. The van der Waals surface area contributed by atoms with Gasteiger partial charge in [0, 0.05) is 23.7 Å². The monoisotopic (exact) mass is 439 g/mol. The SMILES string of the molecule is CCCOc1ccc(CNC(=O)c2cccc(-c3cc(Oc4ccccc4)ncn3)c2)cc1. The zero-order valence-electron chi connectivity index (χ0n) is 18.4. The van der Waals surface area contributed by atoms with Gasteiger partial charge in [0.25, 0.3) is 5.91 Å². The quantitative estimate of drug-likeness (QED) is 0.365. The number of hydrogen-bond acceptors (Lipinski definition) is 5. The number of hydrogen-bond donors (Lipinski definition) is 1. The van der Waals surface area contributed by atoms with Crippen molar-refractivity contribution in [2.75, 3.05) is 6.61 Å². The molecule has 1 amide bonds. The Kier molecular flexibility index (Phi) is 7.28. The van der Waals surface area contributed by atoms with Crippen LogP contribution in [0.15, 0.2) is 91.3 Å². The Balaban J connectivity index is 1.41. The molecule has 0 bridgehead atoms. The first kappa shape index (κ1) is 22.0. The van der Waals surface area contributed by atoms with Crippen molar-refractivity contribution in [1.82, 2.24) is 15.3 Å². The maximum Gasteiger partial charge on any atom is 0.251 e. The first-order valence-corrected chi connectivity index (χ1v) is 10.9. The van der Waals surface area contributed by atoms with Crippen molar-refractivity contribution >= 4 is 5.91 Å². The normalized spacial score (nSPS) is 10.5. The van der Waals surface area contributed by atoms with E-state index in [0.29, 0.717) is 36.0 Å². The fourth-order valence-electron chi connectivity index (χ4n) is 3.19. The number of aromatic nitrogens is 2. The Morgan fingerprint density at radius 2 is 1.70 bits per heavy atom. The van der Waals surface area contributed by atoms with E-state index in [1.54, 1.807) is 12.1 Å². The lowest BCUT2D eigenvalue weighted by molar-refractivity contribution is 0.0951. The average Bonchev–Trinajstić information content (AvgIpc) is 2.87. The molecule has 0 saturated heterocycles. The maximum absolute atomic E-state index is 12.7. The minimum atomic E-state index is -0.155. The van der Waals surface area contributed by atoms with E-state index in [0.717, 1.165) is 23.3 Å². The van der Waals surface area contributed by atoms with Crippen LogP contribution in [0, 0.1) is 0 Å². The van der Waals surface area contributed by atoms with E-state index in [9.17, 15) is 4.79 Å². The molecule has 4 rings (SSSR count). The molecule has 0 radical (unpaired) electrons. The Labute approximate surface area is 193 Å². The number of nitrogens with zero attached hydrogens (tertiary/aromatic N) is 2. The third-order valence-electron chi connectivity index (χ3n) is 4.88. The highest BCUT2D eigenvalue weighted by Gasteiger charge is 2.09. The van der Waals surface area contributed by atoms with Crippen molar-refractivity contribution in [2.24, 2.45) is 0 Å². The Hall–Kier alpha value is -4.19. The zero-order valence-corrected chi connectivity index (χ0v) is 18.4. The van der Waals surface area contributed by atoms with Gasteiger partial charge in [-0.15, -0.1) is 0 Å². The molecule has 0 atom stereocenters. The van der Waals surface area contributed by atoms with Crippen molar-refractivity contribution in [1.29, 1.82) is 0 Å². The largest absolute Gasteiger partial charge is 0.494 e. The smallest absolute Gasteiger partial charge is 0.251 e. The minimum Gasteiger partial charge on any atom is -0.494 e. The van der Waals surface area contributed by atoms with E-state index in [4.69, 9.17) is 9.47 Å². The summed E-state index contributed by atoms with van der Waals surface area (Å²) < 4.78 is 11.4. The number of benzene rings is 3. The van der Waals surface area contributed by atoms with Crippen LogP contribution >= 0.6 is 0 Å². The summed E-state index contributed by atoms with van der Waals surface area (Å²) in [5.41, 5.74) is 3.04. The van der Waals surface area contributed by atoms with E-state index < -0.39 is 0 Å². The highest BCUT2D eigenvalue weighted by atomic mass is 16.5. The van der Waals surface area contributed by atoms with Crippen LogP contribution in [0.1, 0.15) is 29.3 Å². The summed E-state index contributed by atoms with van der Waals surface area (Å²) in [5, 5.41) is 2.96. The molecule has 6 heteroatoms. The molecular weight excluding hydrogens is 414 g/mol. The van der Waals surface area contributed by atoms with Crippen LogP contribution in [0.4, 0.5) is 0 Å². The fourth-order valence-corrected chi connectivity index (χ4v) is 3.19. The van der Waals surface area contributed by atoms with Crippen LogP contribution in [0.2, 0.25) is 0 Å². The van der Waals surface area contributed by atoms with Gasteiger partial charge in [-0.05, 0) is 48.4 Å². The molecule has 0 spiro atoms. The molecule has 0 fully saturated rings. The highest BCUT2D eigenvalue weighted by molar-refractivity contribution is 5.95. The molecule has 33 heavy (non-hydrogen) atoms. The van der Waals surface area contributed by atoms with Crippen molar-refractivity contribution in [3.63, 3.8) is 0 Å². The lowest BCUT2D eigenvalue weighted by atomic mass is 10.1. The van der Waals surface area contributed by atoms with Gasteiger partial charge in [0.15, 0.2) is 0 Å². The summed E-state index contributed by atoms with van der Waals surface area (Å²) in [6, 6.07) is 26.3. The first-order valence-electron chi connectivity index (χ1n) is 10.9. The third kappa shape index (κ3) is 6.17. The van der Waals surface area contributed by atoms with Gasteiger partial charge in [0.2, 0.25) is 5.88 Å². The van der Waals surface area contributed by atoms with Gasteiger partial charge in [-0.1, -0.05) is 49.4 Å². The lowest BCUT2D eigenvalue weighted by Gasteiger charge is -2.09. The van der Waals surface area contributed by atoms with E-state index in [-0.39, 0.29) is 5.91 Å². The second-order valence-corrected chi connectivity index (χ2v) is 7.41. The van der Waals surface area contributed by atoms with Crippen molar-refractivity contribution in [3.8, 4) is 28.6 Å². The minimum absolute atomic E-state index is 0.155. The van der Waals surface area contributed by atoms with Gasteiger partial charge < -0.3 is 14.8 Å². The molecule has 0 saturated carbocycles. The van der Waals surface area contributed by atoms with Crippen molar-refractivity contribution < 1.29 is 14.3 Å². The molecule has 0 aliphatic rings. The molecule has 1 heterocycles. The van der Waals surface area contributed by atoms with Gasteiger partial charge >= 0.3 is 0 Å². The molecule has 0 aliphatic carbocycles. The summed E-state index contributed by atoms with van der Waals surface area (Å²) in [5.74, 6) is 1.81. The van der Waals surface area contributed by atoms with Gasteiger partial charge in [-0.25, -0.2) is 9.97 Å². The van der Waals surface area contributed by atoms with Crippen molar-refractivity contribution in [3.05, 3.63) is 102 Å². The van der Waals surface area contributed by atoms with Crippen LogP contribution in [0.25, 0.3) is 11.3 Å². The molecule has 0 aliphatic heterocycles. The van der Waals surface area contributed by atoms with Crippen LogP contribution in [-0.2, 0) is 6.54 Å². The number of carbonyl (C=O) groups is 1. The summed E-state index contributed by atoms with van der Waals surface area (Å²) in [6.07, 6.45) is 2.42. The molecule has 6 nitrogen and oxygen atoms in total. The van der Waals surface area contributed by atoms with Gasteiger partial charge in [-0.3, -0.25) is 4.79 Å². The number of rotatable bonds is 9. The average molecular weight is 440 g/mol. The molecule has 1 aromatic heterocycles. The van der Waals surface area contributed by atoms with Crippen LogP contribution in [0.5, 0.6) is 17.4 Å². The summed E-state index contributed by atoms with van der Waals surface area (Å²) in [6.45, 7) is 3.19. The van der Waals surface area contributed by atoms with Gasteiger partial charge in [0.05, 0.1) is 12.3 Å². The van der Waals surface area contributed by atoms with Crippen LogP contribution in [-0.4, -0.2) is 22.5 Å².